The van der Waals surface area contributed by atoms with E-state index in [0.717, 1.165) is 34.9 Å². The molecule has 0 saturated heterocycles. The first-order chi connectivity index (χ1) is 17.0. The molecule has 8 heteroatoms. The van der Waals surface area contributed by atoms with Crippen molar-refractivity contribution in [2.45, 2.75) is 13.5 Å². The fourth-order valence-corrected chi connectivity index (χ4v) is 3.33. The minimum atomic E-state index is -0.194. The summed E-state index contributed by atoms with van der Waals surface area (Å²) in [4.78, 5) is 26.7. The quantitative estimate of drug-likeness (QED) is 0.353. The van der Waals surface area contributed by atoms with Crippen LogP contribution in [0.2, 0.25) is 0 Å². The van der Waals surface area contributed by atoms with Crippen LogP contribution in [0.15, 0.2) is 73.1 Å². The predicted octanol–water partition coefficient (Wildman–Crippen LogP) is 4.55. The number of hydrogen-bond donors (Lipinski definition) is 2. The van der Waals surface area contributed by atoms with Crippen LogP contribution in [0.1, 0.15) is 21.6 Å². The lowest BCUT2D eigenvalue weighted by Crippen LogP contribution is -2.19. The minimum absolute atomic E-state index is 0.194. The van der Waals surface area contributed by atoms with Crippen LogP contribution in [0.5, 0.6) is 11.6 Å². The van der Waals surface area contributed by atoms with E-state index in [0.29, 0.717) is 30.4 Å². The summed E-state index contributed by atoms with van der Waals surface area (Å²) in [6.07, 6.45) is 3.47. The number of nitrogens with zero attached hydrogens (tertiary/aromatic N) is 3. The first-order valence-corrected chi connectivity index (χ1v) is 11.4. The number of anilines is 1. The Hall–Kier alpha value is -4.17. The Morgan fingerprint density at radius 1 is 1.06 bits per heavy atom. The van der Waals surface area contributed by atoms with Crippen LogP contribution in [0, 0.1) is 6.92 Å². The molecule has 0 unspecified atom stereocenters. The molecule has 2 heterocycles. The number of nitrogens with one attached hydrogen (secondary N) is 2. The fourth-order valence-electron chi connectivity index (χ4n) is 3.33. The first-order valence-electron chi connectivity index (χ1n) is 11.4. The molecule has 0 bridgehead atoms. The summed E-state index contributed by atoms with van der Waals surface area (Å²) in [6, 6.07) is 18.5. The number of amides is 1. The lowest BCUT2D eigenvalue weighted by Gasteiger charge is -2.12. The molecular formula is C27H29N5O3. The maximum atomic E-state index is 12.8. The van der Waals surface area contributed by atoms with Gasteiger partial charge >= 0.3 is 0 Å². The Bertz CT molecular complexity index is 1250. The number of aryl methyl sites for hydroxylation is 1. The van der Waals surface area contributed by atoms with E-state index in [9.17, 15) is 4.79 Å². The zero-order valence-electron chi connectivity index (χ0n) is 20.1. The molecule has 1 amide bonds. The van der Waals surface area contributed by atoms with Crippen LogP contribution in [-0.4, -0.2) is 53.0 Å². The zero-order valence-corrected chi connectivity index (χ0v) is 20.1. The van der Waals surface area contributed by atoms with Crippen LogP contribution in [0.25, 0.3) is 11.4 Å². The van der Waals surface area contributed by atoms with Gasteiger partial charge in [-0.25, -0.2) is 9.97 Å². The average molecular weight is 472 g/mol. The number of aromatic amines is 1. The highest BCUT2D eigenvalue weighted by Crippen LogP contribution is 2.24. The third kappa shape index (κ3) is 6.68. The van der Waals surface area contributed by atoms with Crippen LogP contribution >= 0.6 is 0 Å². The van der Waals surface area contributed by atoms with Crippen molar-refractivity contribution in [2.75, 3.05) is 32.6 Å². The van der Waals surface area contributed by atoms with Crippen molar-refractivity contribution in [1.82, 2.24) is 19.9 Å². The Kier molecular flexibility index (Phi) is 7.74. The maximum absolute atomic E-state index is 12.8. The lowest BCUT2D eigenvalue weighted by atomic mass is 10.1. The van der Waals surface area contributed by atoms with Crippen molar-refractivity contribution >= 4 is 11.6 Å². The number of H-pyrrole nitrogens is 1. The smallest absolute Gasteiger partial charge is 0.255 e. The van der Waals surface area contributed by atoms with Gasteiger partial charge in [0.1, 0.15) is 24.8 Å². The molecule has 0 aliphatic carbocycles. The number of benzene rings is 2. The third-order valence-electron chi connectivity index (χ3n) is 5.33. The molecule has 0 aliphatic rings. The number of carbonyl (C=O) groups excluding carboxylic acids is 1. The first kappa shape index (κ1) is 24.0. The summed E-state index contributed by atoms with van der Waals surface area (Å²) in [5.41, 5.74) is 3.91. The van der Waals surface area contributed by atoms with E-state index in [2.05, 4.69) is 25.2 Å². The minimum Gasteiger partial charge on any atom is -0.487 e. The number of pyridine rings is 1. The molecule has 0 fully saturated rings. The van der Waals surface area contributed by atoms with E-state index in [4.69, 9.17) is 9.47 Å². The second-order valence-electron chi connectivity index (χ2n) is 8.35. The van der Waals surface area contributed by atoms with Crippen molar-refractivity contribution in [3.63, 3.8) is 0 Å². The van der Waals surface area contributed by atoms with Gasteiger partial charge in [0.2, 0.25) is 5.88 Å². The van der Waals surface area contributed by atoms with Crippen molar-refractivity contribution in [3.8, 4) is 23.0 Å². The number of carbonyl (C=O) groups is 1. The summed E-state index contributed by atoms with van der Waals surface area (Å²) >= 11 is 0. The SMILES string of the molecule is Cc1ccc(-c2ncc[nH]2)cc1NC(=O)c1ccc(OCc2cccc(OCCN(C)C)n2)cc1. The zero-order chi connectivity index (χ0) is 24.6. The summed E-state index contributed by atoms with van der Waals surface area (Å²) in [5, 5.41) is 2.99. The van der Waals surface area contributed by atoms with E-state index in [1.54, 1.807) is 36.7 Å². The highest BCUT2D eigenvalue weighted by Gasteiger charge is 2.10. The second kappa shape index (κ2) is 11.3. The van der Waals surface area contributed by atoms with E-state index in [-0.39, 0.29) is 5.91 Å². The summed E-state index contributed by atoms with van der Waals surface area (Å²) in [5.74, 6) is 1.78. The summed E-state index contributed by atoms with van der Waals surface area (Å²) in [6.45, 7) is 3.64. The largest absolute Gasteiger partial charge is 0.487 e. The topological polar surface area (TPSA) is 92.4 Å². The molecule has 2 aromatic heterocycles. The summed E-state index contributed by atoms with van der Waals surface area (Å²) < 4.78 is 11.5. The number of hydrogen-bond acceptors (Lipinski definition) is 6. The van der Waals surface area contributed by atoms with E-state index in [1.165, 1.54) is 0 Å². The van der Waals surface area contributed by atoms with E-state index >= 15 is 0 Å². The van der Waals surface area contributed by atoms with Gasteiger partial charge in [-0.2, -0.15) is 0 Å². The van der Waals surface area contributed by atoms with Gasteiger partial charge in [0.05, 0.1) is 5.69 Å². The van der Waals surface area contributed by atoms with Gasteiger partial charge in [0.15, 0.2) is 0 Å². The number of likely N-dealkylation sites (N-methyl/N-ethyl adjacent to an activating group) is 1. The molecular weight excluding hydrogens is 442 g/mol. The predicted molar refractivity (Wildman–Crippen MR) is 136 cm³/mol. The van der Waals surface area contributed by atoms with E-state index in [1.807, 2.05) is 57.4 Å². The van der Waals surface area contributed by atoms with Crippen molar-refractivity contribution in [1.29, 1.82) is 0 Å². The molecule has 0 radical (unpaired) electrons. The van der Waals surface area contributed by atoms with Crippen LogP contribution in [0.4, 0.5) is 5.69 Å². The third-order valence-corrected chi connectivity index (χ3v) is 5.33. The second-order valence-corrected chi connectivity index (χ2v) is 8.35. The Labute approximate surface area is 205 Å². The molecule has 180 valence electrons. The average Bonchev–Trinajstić information content (AvgIpc) is 3.39. The lowest BCUT2D eigenvalue weighted by molar-refractivity contribution is 0.102. The standard InChI is InChI=1S/C27H29N5O3/c1-19-7-8-21(26-28-13-14-29-26)17-24(19)31-27(33)20-9-11-23(12-10-20)35-18-22-5-4-6-25(30-22)34-16-15-32(2)3/h4-14,17H,15-16,18H2,1-3H3,(H,28,29)(H,31,33). The molecule has 0 atom stereocenters. The van der Waals surface area contributed by atoms with Gasteiger partial charge in [-0.05, 0) is 63.0 Å². The molecule has 2 aromatic carbocycles. The molecule has 35 heavy (non-hydrogen) atoms. The monoisotopic (exact) mass is 471 g/mol. The molecule has 4 rings (SSSR count). The highest BCUT2D eigenvalue weighted by atomic mass is 16.5. The van der Waals surface area contributed by atoms with Crippen LogP contribution in [-0.2, 0) is 6.61 Å². The Morgan fingerprint density at radius 2 is 1.89 bits per heavy atom. The normalized spacial score (nSPS) is 10.9. The summed E-state index contributed by atoms with van der Waals surface area (Å²) in [7, 11) is 3.99. The Balaban J connectivity index is 1.34. The Morgan fingerprint density at radius 3 is 2.63 bits per heavy atom. The molecule has 0 saturated carbocycles. The molecule has 8 nitrogen and oxygen atoms in total. The van der Waals surface area contributed by atoms with Gasteiger partial charge in [0, 0.05) is 41.8 Å². The number of imidazole rings is 1. The number of rotatable bonds is 10. The molecule has 0 spiro atoms. The van der Waals surface area contributed by atoms with Gasteiger partial charge < -0.3 is 24.7 Å². The van der Waals surface area contributed by atoms with Crippen molar-refractivity contribution in [2.24, 2.45) is 0 Å². The van der Waals surface area contributed by atoms with Crippen LogP contribution in [0.3, 0.4) is 0 Å². The van der Waals surface area contributed by atoms with Crippen molar-refractivity contribution < 1.29 is 14.3 Å². The fraction of sp³-hybridized carbons (Fsp3) is 0.222. The van der Waals surface area contributed by atoms with Gasteiger partial charge in [-0.15, -0.1) is 0 Å². The van der Waals surface area contributed by atoms with Gasteiger partial charge in [-0.1, -0.05) is 18.2 Å². The number of aromatic nitrogens is 3. The molecule has 4 aromatic rings. The van der Waals surface area contributed by atoms with Crippen molar-refractivity contribution in [3.05, 3.63) is 89.9 Å². The van der Waals surface area contributed by atoms with E-state index < -0.39 is 0 Å². The molecule has 0 aliphatic heterocycles. The molecule has 2 N–H and O–H groups in total. The number of ether oxygens (including phenoxy) is 2. The maximum Gasteiger partial charge on any atom is 0.255 e. The van der Waals surface area contributed by atoms with Gasteiger partial charge in [0.25, 0.3) is 5.91 Å². The van der Waals surface area contributed by atoms with Crippen LogP contribution < -0.4 is 14.8 Å². The van der Waals surface area contributed by atoms with Gasteiger partial charge in [-0.3, -0.25) is 4.79 Å². The highest BCUT2D eigenvalue weighted by molar-refractivity contribution is 6.05.